The Balaban J connectivity index is 2.03. The minimum absolute atomic E-state index is 0.137. The zero-order chi connectivity index (χ0) is 12.3. The summed E-state index contributed by atoms with van der Waals surface area (Å²) >= 11 is 0. The van der Waals surface area contributed by atoms with Gasteiger partial charge in [0.25, 0.3) is 11.8 Å². The summed E-state index contributed by atoms with van der Waals surface area (Å²) in [5, 5.41) is 0. The first kappa shape index (κ1) is 11.9. The second kappa shape index (κ2) is 5.17. The molecule has 1 aliphatic heterocycles. The van der Waals surface area contributed by atoms with Crippen LogP contribution in [-0.4, -0.2) is 31.1 Å². The van der Waals surface area contributed by atoms with Crippen molar-refractivity contribution in [3.05, 3.63) is 35.4 Å². The maximum atomic E-state index is 12.0. The van der Waals surface area contributed by atoms with Crippen molar-refractivity contribution in [2.24, 2.45) is 0 Å². The van der Waals surface area contributed by atoms with Gasteiger partial charge in [-0.15, -0.1) is 0 Å². The zero-order valence-corrected chi connectivity index (χ0v) is 10.1. The predicted molar refractivity (Wildman–Crippen MR) is 69.0 cm³/mol. The lowest BCUT2D eigenvalue weighted by molar-refractivity contribution is 0.0651. The fourth-order valence-electron chi connectivity index (χ4n) is 2.14. The van der Waals surface area contributed by atoms with Crippen LogP contribution in [0.3, 0.4) is 0 Å². The fourth-order valence-corrected chi connectivity index (χ4v) is 2.14. The molecule has 2 amide bonds. The molecule has 0 fully saturated rings. The van der Waals surface area contributed by atoms with Crippen molar-refractivity contribution in [2.75, 3.05) is 6.54 Å². The quantitative estimate of drug-likeness (QED) is 0.436. The Kier molecular flexibility index (Phi) is 3.62. The van der Waals surface area contributed by atoms with Gasteiger partial charge in [0.05, 0.1) is 11.1 Å². The number of hydrogen-bond donors (Lipinski definition) is 0. The molecule has 1 aromatic carbocycles. The summed E-state index contributed by atoms with van der Waals surface area (Å²) in [5.74, 6) is -0.274. The molecule has 1 aliphatic rings. The molecule has 0 radical (unpaired) electrons. The van der Waals surface area contributed by atoms with Gasteiger partial charge in [-0.3, -0.25) is 14.5 Å². The van der Waals surface area contributed by atoms with E-state index in [2.05, 4.69) is 7.85 Å². The summed E-state index contributed by atoms with van der Waals surface area (Å²) < 4.78 is 0. The van der Waals surface area contributed by atoms with E-state index in [0.29, 0.717) is 17.7 Å². The Labute approximate surface area is 102 Å². The lowest BCUT2D eigenvalue weighted by Gasteiger charge is -2.13. The van der Waals surface area contributed by atoms with Gasteiger partial charge < -0.3 is 0 Å². The number of rotatable bonds is 5. The van der Waals surface area contributed by atoms with E-state index < -0.39 is 0 Å². The molecule has 1 heterocycles. The molecule has 0 atom stereocenters. The van der Waals surface area contributed by atoms with Crippen molar-refractivity contribution in [2.45, 2.75) is 25.6 Å². The van der Waals surface area contributed by atoms with Gasteiger partial charge in [-0.2, -0.15) is 0 Å². The van der Waals surface area contributed by atoms with Gasteiger partial charge in [-0.05, 0) is 18.6 Å². The van der Waals surface area contributed by atoms with Crippen LogP contribution in [0.2, 0.25) is 6.32 Å². The van der Waals surface area contributed by atoms with Crippen LogP contribution in [0.5, 0.6) is 0 Å². The van der Waals surface area contributed by atoms with Crippen LogP contribution in [0.15, 0.2) is 24.3 Å². The van der Waals surface area contributed by atoms with E-state index in [1.165, 1.54) is 4.90 Å². The van der Waals surface area contributed by atoms with Crippen molar-refractivity contribution in [3.8, 4) is 0 Å². The topological polar surface area (TPSA) is 37.4 Å². The van der Waals surface area contributed by atoms with Crippen molar-refractivity contribution >= 4 is 19.7 Å². The Morgan fingerprint density at radius 1 is 0.941 bits per heavy atom. The van der Waals surface area contributed by atoms with E-state index in [9.17, 15) is 9.59 Å². The Bertz CT molecular complexity index is 410. The lowest BCUT2D eigenvalue weighted by Crippen LogP contribution is -2.30. The number of nitrogens with zero attached hydrogens (tertiary/aromatic N) is 1. The van der Waals surface area contributed by atoms with Crippen LogP contribution < -0.4 is 0 Å². The third-order valence-corrected chi connectivity index (χ3v) is 3.11. The van der Waals surface area contributed by atoms with Crippen LogP contribution in [0.25, 0.3) is 0 Å². The van der Waals surface area contributed by atoms with E-state index in [-0.39, 0.29) is 11.8 Å². The molecule has 2 rings (SSSR count). The van der Waals surface area contributed by atoms with Crippen LogP contribution in [0.1, 0.15) is 40.0 Å². The van der Waals surface area contributed by atoms with Gasteiger partial charge in [0, 0.05) is 6.54 Å². The number of unbranched alkanes of at least 4 members (excludes halogenated alkanes) is 2. The van der Waals surface area contributed by atoms with Crippen LogP contribution >= 0.6 is 0 Å². The first-order chi connectivity index (χ1) is 8.25. The predicted octanol–water partition coefficient (Wildman–Crippen LogP) is 1.50. The molecule has 4 heteroatoms. The molecule has 88 valence electrons. The summed E-state index contributed by atoms with van der Waals surface area (Å²) in [7, 11) is 2.14. The molecule has 3 nitrogen and oxygen atoms in total. The number of hydrogen-bond acceptors (Lipinski definition) is 2. The molecule has 0 saturated heterocycles. The number of carbonyl (C=O) groups is 2. The summed E-state index contributed by atoms with van der Waals surface area (Å²) in [5.41, 5.74) is 1.10. The highest BCUT2D eigenvalue weighted by Gasteiger charge is 2.34. The van der Waals surface area contributed by atoms with Gasteiger partial charge in [0.1, 0.15) is 7.85 Å². The standard InChI is InChI=1S/C13H16BNO2/c14-8-4-1-5-9-15-12(16)10-6-2-3-7-11(10)13(15)17/h2-3,6-7H,1,4-5,8-9,14H2. The summed E-state index contributed by atoms with van der Waals surface area (Å²) in [6.45, 7) is 0.548. The molecule has 17 heavy (non-hydrogen) atoms. The minimum atomic E-state index is -0.137. The number of imide groups is 1. The third kappa shape index (κ3) is 2.26. The Morgan fingerprint density at radius 3 is 2.06 bits per heavy atom. The van der Waals surface area contributed by atoms with Crippen LogP contribution in [-0.2, 0) is 0 Å². The SMILES string of the molecule is BCCCCCN1C(=O)c2ccccc2C1=O. The lowest BCUT2D eigenvalue weighted by atomic mass is 9.99. The second-order valence-corrected chi connectivity index (χ2v) is 4.37. The van der Waals surface area contributed by atoms with E-state index in [1.807, 2.05) is 0 Å². The molecule has 0 spiro atoms. The number of benzene rings is 1. The monoisotopic (exact) mass is 229 g/mol. The number of carbonyl (C=O) groups excluding carboxylic acids is 2. The maximum Gasteiger partial charge on any atom is 0.261 e. The van der Waals surface area contributed by atoms with Gasteiger partial charge in [0.2, 0.25) is 0 Å². The molecule has 1 aromatic rings. The molecule has 0 bridgehead atoms. The third-order valence-electron chi connectivity index (χ3n) is 3.11. The van der Waals surface area contributed by atoms with Crippen LogP contribution in [0, 0.1) is 0 Å². The van der Waals surface area contributed by atoms with E-state index in [4.69, 9.17) is 0 Å². The average Bonchev–Trinajstić information content (AvgIpc) is 2.60. The molecule has 0 unspecified atom stereocenters. The Hall–Kier alpha value is -1.58. The van der Waals surface area contributed by atoms with Crippen molar-refractivity contribution in [3.63, 3.8) is 0 Å². The van der Waals surface area contributed by atoms with E-state index in [1.54, 1.807) is 24.3 Å². The highest BCUT2D eigenvalue weighted by molar-refractivity contribution is 6.21. The zero-order valence-electron chi connectivity index (χ0n) is 10.1. The van der Waals surface area contributed by atoms with Crippen LogP contribution in [0.4, 0.5) is 0 Å². The normalized spacial score (nSPS) is 14.2. The molecular weight excluding hydrogens is 213 g/mol. The molecule has 0 N–H and O–H groups in total. The first-order valence-electron chi connectivity index (χ1n) is 6.21. The highest BCUT2D eigenvalue weighted by atomic mass is 16.2. The van der Waals surface area contributed by atoms with Crippen molar-refractivity contribution in [1.82, 2.24) is 4.90 Å². The van der Waals surface area contributed by atoms with Gasteiger partial charge >= 0.3 is 0 Å². The Morgan fingerprint density at radius 2 is 1.53 bits per heavy atom. The van der Waals surface area contributed by atoms with Crippen molar-refractivity contribution in [1.29, 1.82) is 0 Å². The summed E-state index contributed by atoms with van der Waals surface area (Å²) in [4.78, 5) is 25.3. The largest absolute Gasteiger partial charge is 0.274 e. The van der Waals surface area contributed by atoms with E-state index in [0.717, 1.165) is 25.6 Å². The van der Waals surface area contributed by atoms with E-state index >= 15 is 0 Å². The average molecular weight is 229 g/mol. The van der Waals surface area contributed by atoms with Gasteiger partial charge in [-0.25, -0.2) is 0 Å². The molecular formula is C13H16BNO2. The molecule has 0 aliphatic carbocycles. The van der Waals surface area contributed by atoms with Gasteiger partial charge in [0.15, 0.2) is 0 Å². The van der Waals surface area contributed by atoms with Crippen molar-refractivity contribution < 1.29 is 9.59 Å². The maximum absolute atomic E-state index is 12.0. The molecule has 0 saturated carbocycles. The highest BCUT2D eigenvalue weighted by Crippen LogP contribution is 2.22. The number of amides is 2. The summed E-state index contributed by atoms with van der Waals surface area (Å²) in [6, 6.07) is 7.04. The number of fused-ring (bicyclic) bond motifs is 1. The summed E-state index contributed by atoms with van der Waals surface area (Å²) in [6.07, 6.45) is 4.29. The first-order valence-corrected chi connectivity index (χ1v) is 6.21. The second-order valence-electron chi connectivity index (χ2n) is 4.37. The fraction of sp³-hybridized carbons (Fsp3) is 0.385. The van der Waals surface area contributed by atoms with Gasteiger partial charge in [-0.1, -0.05) is 31.3 Å². The minimum Gasteiger partial charge on any atom is -0.274 e. The molecule has 0 aromatic heterocycles. The smallest absolute Gasteiger partial charge is 0.261 e.